The van der Waals surface area contributed by atoms with Crippen LogP contribution in [0.4, 0.5) is 9.18 Å². The van der Waals surface area contributed by atoms with Crippen molar-refractivity contribution >= 4 is 12.0 Å². The van der Waals surface area contributed by atoms with E-state index in [0.29, 0.717) is 0 Å². The number of nitrogens with zero attached hydrogens (tertiary/aromatic N) is 1. The van der Waals surface area contributed by atoms with E-state index in [1.807, 2.05) is 0 Å². The highest BCUT2D eigenvalue weighted by Gasteiger charge is 2.30. The number of benzene rings is 1. The lowest BCUT2D eigenvalue weighted by molar-refractivity contribution is -0.171. The van der Waals surface area contributed by atoms with Crippen LogP contribution in [0.25, 0.3) is 0 Å². The molecule has 0 bridgehead atoms. The number of halogens is 1. The van der Waals surface area contributed by atoms with Crippen LogP contribution in [0.15, 0.2) is 24.3 Å². The number of rotatable bonds is 4. The summed E-state index contributed by atoms with van der Waals surface area (Å²) in [7, 11) is 2.66. The third-order valence-corrected chi connectivity index (χ3v) is 2.71. The van der Waals surface area contributed by atoms with Crippen molar-refractivity contribution < 1.29 is 23.6 Å². The second kappa shape index (κ2) is 7.22. The second-order valence-electron chi connectivity index (χ2n) is 5.62. The van der Waals surface area contributed by atoms with E-state index >= 15 is 0 Å². The third-order valence-electron chi connectivity index (χ3n) is 2.71. The molecule has 0 fully saturated rings. The molecule has 0 aromatic heterocycles. The van der Waals surface area contributed by atoms with Crippen LogP contribution in [0.2, 0.25) is 0 Å². The van der Waals surface area contributed by atoms with Gasteiger partial charge in [-0.1, -0.05) is 18.2 Å². The summed E-state index contributed by atoms with van der Waals surface area (Å²) in [6, 6.07) is 4.44. The molecule has 1 unspecified atom stereocenters. The Morgan fingerprint density at radius 3 is 2.36 bits per heavy atom. The van der Waals surface area contributed by atoms with Crippen molar-refractivity contribution in [2.75, 3.05) is 14.2 Å². The zero-order chi connectivity index (χ0) is 16.9. The number of ether oxygens (including phenoxy) is 1. The van der Waals surface area contributed by atoms with Gasteiger partial charge in [0, 0.05) is 12.6 Å². The molecule has 0 aliphatic rings. The highest BCUT2D eigenvalue weighted by atomic mass is 19.1. The molecule has 6 nitrogen and oxygen atoms in total. The molecule has 0 saturated carbocycles. The Labute approximate surface area is 129 Å². The monoisotopic (exact) mass is 312 g/mol. The third kappa shape index (κ3) is 5.00. The van der Waals surface area contributed by atoms with E-state index in [1.165, 1.54) is 32.4 Å². The maximum absolute atomic E-state index is 14.0. The smallest absolute Gasteiger partial charge is 0.408 e. The summed E-state index contributed by atoms with van der Waals surface area (Å²) in [6.07, 6.45) is -0.821. The maximum atomic E-state index is 14.0. The van der Waals surface area contributed by atoms with Gasteiger partial charge in [-0.15, -0.1) is 0 Å². The first kappa shape index (κ1) is 17.9. The largest absolute Gasteiger partial charge is 0.444 e. The van der Waals surface area contributed by atoms with E-state index in [1.54, 1.807) is 26.8 Å². The minimum absolute atomic E-state index is 0.0299. The summed E-state index contributed by atoms with van der Waals surface area (Å²) in [5.41, 5.74) is -0.706. The molecule has 0 saturated heterocycles. The predicted molar refractivity (Wildman–Crippen MR) is 78.3 cm³/mol. The van der Waals surface area contributed by atoms with Crippen molar-refractivity contribution in [1.82, 2.24) is 10.4 Å². The van der Waals surface area contributed by atoms with E-state index in [2.05, 4.69) is 5.32 Å². The molecular weight excluding hydrogens is 291 g/mol. The van der Waals surface area contributed by atoms with Crippen molar-refractivity contribution in [3.05, 3.63) is 35.6 Å². The topological polar surface area (TPSA) is 67.9 Å². The molecule has 1 atom stereocenters. The van der Waals surface area contributed by atoms with Gasteiger partial charge in [0.25, 0.3) is 5.91 Å². The lowest BCUT2D eigenvalue weighted by Gasteiger charge is -2.25. The molecule has 0 radical (unpaired) electrons. The Bertz CT molecular complexity index is 543. The van der Waals surface area contributed by atoms with Crippen LogP contribution in [-0.2, 0) is 14.4 Å². The van der Waals surface area contributed by atoms with Crippen LogP contribution >= 0.6 is 0 Å². The zero-order valence-electron chi connectivity index (χ0n) is 13.3. The van der Waals surface area contributed by atoms with Crippen LogP contribution in [0.5, 0.6) is 0 Å². The van der Waals surface area contributed by atoms with E-state index < -0.39 is 29.5 Å². The molecule has 2 amide bonds. The molecule has 1 N–H and O–H groups in total. The number of carbonyl (C=O) groups excluding carboxylic acids is 2. The minimum atomic E-state index is -1.25. The van der Waals surface area contributed by atoms with Crippen LogP contribution in [-0.4, -0.2) is 36.8 Å². The minimum Gasteiger partial charge on any atom is -0.444 e. The Hall–Kier alpha value is -2.15. The Morgan fingerprint density at radius 1 is 1.27 bits per heavy atom. The quantitative estimate of drug-likeness (QED) is 0.867. The number of amides is 2. The zero-order valence-corrected chi connectivity index (χ0v) is 13.3. The molecule has 1 aromatic rings. The molecule has 0 spiro atoms. The first-order valence-electron chi connectivity index (χ1n) is 6.71. The number of likely N-dealkylation sites (N-methyl/N-ethyl adjacent to an activating group) is 1. The Kier molecular flexibility index (Phi) is 5.87. The van der Waals surface area contributed by atoms with Gasteiger partial charge in [-0.2, -0.15) is 0 Å². The number of alkyl carbamates (subject to hydrolysis) is 1. The maximum Gasteiger partial charge on any atom is 0.408 e. The summed E-state index contributed by atoms with van der Waals surface area (Å²) >= 11 is 0. The average Bonchev–Trinajstić information content (AvgIpc) is 2.42. The fraction of sp³-hybridized carbons (Fsp3) is 0.467. The van der Waals surface area contributed by atoms with Gasteiger partial charge in [-0.25, -0.2) is 14.2 Å². The highest BCUT2D eigenvalue weighted by Crippen LogP contribution is 2.20. The van der Waals surface area contributed by atoms with Crippen molar-refractivity contribution in [2.24, 2.45) is 0 Å². The standard InChI is InChI=1S/C15H21FN2O4/c1-15(2,3)22-14(20)17-12(13(19)18(4)21-5)10-8-6-7-9-11(10)16/h6-9,12H,1-5H3,(H,17,20). The molecule has 0 heterocycles. The summed E-state index contributed by atoms with van der Waals surface area (Å²) in [5.74, 6) is -1.24. The fourth-order valence-corrected chi connectivity index (χ4v) is 1.68. The molecule has 22 heavy (non-hydrogen) atoms. The van der Waals surface area contributed by atoms with E-state index in [4.69, 9.17) is 9.57 Å². The summed E-state index contributed by atoms with van der Waals surface area (Å²) < 4.78 is 19.1. The van der Waals surface area contributed by atoms with Gasteiger partial charge in [-0.3, -0.25) is 9.63 Å². The first-order chi connectivity index (χ1) is 10.2. The van der Waals surface area contributed by atoms with Crippen molar-refractivity contribution in [3.8, 4) is 0 Å². The number of hydrogen-bond acceptors (Lipinski definition) is 4. The van der Waals surface area contributed by atoms with E-state index in [0.717, 1.165) is 5.06 Å². The summed E-state index contributed by atoms with van der Waals surface area (Å²) in [4.78, 5) is 29.0. The lowest BCUT2D eigenvalue weighted by atomic mass is 10.1. The van der Waals surface area contributed by atoms with Crippen LogP contribution in [0.3, 0.4) is 0 Å². The Balaban J connectivity index is 3.05. The van der Waals surface area contributed by atoms with Crippen LogP contribution < -0.4 is 5.32 Å². The molecule has 122 valence electrons. The molecule has 0 aliphatic carbocycles. The predicted octanol–water partition coefficient (Wildman–Crippen LogP) is 2.41. The van der Waals surface area contributed by atoms with E-state index in [9.17, 15) is 14.0 Å². The first-order valence-corrected chi connectivity index (χ1v) is 6.71. The van der Waals surface area contributed by atoms with Crippen molar-refractivity contribution in [2.45, 2.75) is 32.4 Å². The second-order valence-corrected chi connectivity index (χ2v) is 5.62. The SMILES string of the molecule is CON(C)C(=O)C(NC(=O)OC(C)(C)C)c1ccccc1F. The van der Waals surface area contributed by atoms with E-state index in [-0.39, 0.29) is 5.56 Å². The Morgan fingerprint density at radius 2 is 1.86 bits per heavy atom. The van der Waals surface area contributed by atoms with Gasteiger partial charge in [0.05, 0.1) is 7.11 Å². The van der Waals surface area contributed by atoms with Gasteiger partial charge in [0.1, 0.15) is 17.5 Å². The molecular formula is C15H21FN2O4. The summed E-state index contributed by atoms with van der Waals surface area (Å²) in [6.45, 7) is 5.06. The van der Waals surface area contributed by atoms with Crippen molar-refractivity contribution in [1.29, 1.82) is 0 Å². The van der Waals surface area contributed by atoms with Gasteiger partial charge in [-0.05, 0) is 26.8 Å². The lowest BCUT2D eigenvalue weighted by Crippen LogP contribution is -2.43. The van der Waals surface area contributed by atoms with Gasteiger partial charge in [0.15, 0.2) is 0 Å². The molecule has 0 aliphatic heterocycles. The fourth-order valence-electron chi connectivity index (χ4n) is 1.68. The molecule has 1 aromatic carbocycles. The number of carbonyl (C=O) groups is 2. The van der Waals surface area contributed by atoms with Crippen LogP contribution in [0.1, 0.15) is 32.4 Å². The molecule has 1 rings (SSSR count). The van der Waals surface area contributed by atoms with Crippen LogP contribution in [0, 0.1) is 5.82 Å². The number of hydrogen-bond donors (Lipinski definition) is 1. The number of nitrogens with one attached hydrogen (secondary N) is 1. The van der Waals surface area contributed by atoms with Crippen molar-refractivity contribution in [3.63, 3.8) is 0 Å². The van der Waals surface area contributed by atoms with Gasteiger partial charge >= 0.3 is 6.09 Å². The van der Waals surface area contributed by atoms with Gasteiger partial charge < -0.3 is 10.1 Å². The number of hydroxylamine groups is 2. The van der Waals surface area contributed by atoms with Gasteiger partial charge in [0.2, 0.25) is 0 Å². The summed E-state index contributed by atoms with van der Waals surface area (Å²) in [5, 5.41) is 3.28. The molecule has 7 heteroatoms. The average molecular weight is 312 g/mol. The normalized spacial score (nSPS) is 12.5. The highest BCUT2D eigenvalue weighted by molar-refractivity contribution is 5.86.